The van der Waals surface area contributed by atoms with E-state index in [2.05, 4.69) is 0 Å². The summed E-state index contributed by atoms with van der Waals surface area (Å²) in [5.74, 6) is -1.00. The second kappa shape index (κ2) is 6.77. The van der Waals surface area contributed by atoms with Crippen LogP contribution in [0.5, 0.6) is 0 Å². The van der Waals surface area contributed by atoms with Crippen molar-refractivity contribution in [2.24, 2.45) is 0 Å². The van der Waals surface area contributed by atoms with Crippen molar-refractivity contribution in [3.8, 4) is 0 Å². The Bertz CT molecular complexity index is 856. The summed E-state index contributed by atoms with van der Waals surface area (Å²) < 4.78 is 26.9. The van der Waals surface area contributed by atoms with E-state index in [0.717, 1.165) is 0 Å². The van der Waals surface area contributed by atoms with Crippen molar-refractivity contribution in [2.75, 3.05) is 0 Å². The van der Waals surface area contributed by atoms with Gasteiger partial charge in [-0.15, -0.1) is 0 Å². The first-order chi connectivity index (χ1) is 12.0. The van der Waals surface area contributed by atoms with Crippen LogP contribution in [0.25, 0.3) is 0 Å². The molecule has 0 aliphatic heterocycles. The first-order valence-corrected chi connectivity index (χ1v) is 8.12. The largest absolute Gasteiger partial charge is 0.298 e. The van der Waals surface area contributed by atoms with Crippen molar-refractivity contribution in [3.63, 3.8) is 0 Å². The van der Waals surface area contributed by atoms with Crippen LogP contribution in [0.3, 0.4) is 0 Å². The lowest BCUT2D eigenvalue weighted by atomic mass is 9.67. The van der Waals surface area contributed by atoms with Crippen LogP contribution in [-0.4, -0.2) is 5.78 Å². The molecule has 0 saturated heterocycles. The molecule has 0 heterocycles. The van der Waals surface area contributed by atoms with Gasteiger partial charge < -0.3 is 0 Å². The first-order valence-electron chi connectivity index (χ1n) is 7.74. The van der Waals surface area contributed by atoms with Crippen LogP contribution in [-0.2, 0) is 10.2 Å². The van der Waals surface area contributed by atoms with E-state index in [4.69, 9.17) is 11.6 Å². The molecule has 3 rings (SSSR count). The molecule has 0 unspecified atom stereocenters. The number of halogens is 3. The van der Waals surface area contributed by atoms with Crippen molar-refractivity contribution in [3.05, 3.63) is 106 Å². The summed E-state index contributed by atoms with van der Waals surface area (Å²) in [6.45, 7) is 1.45. The highest BCUT2D eigenvalue weighted by atomic mass is 35.5. The molecule has 0 saturated carbocycles. The van der Waals surface area contributed by atoms with Crippen LogP contribution in [0.15, 0.2) is 72.8 Å². The normalized spacial score (nSPS) is 11.4. The van der Waals surface area contributed by atoms with Crippen LogP contribution in [0, 0.1) is 11.6 Å². The summed E-state index contributed by atoms with van der Waals surface area (Å²) in [6, 6.07) is 18.4. The molecule has 0 radical (unpaired) electrons. The van der Waals surface area contributed by atoms with E-state index < -0.39 is 17.0 Å². The monoisotopic (exact) mass is 356 g/mol. The van der Waals surface area contributed by atoms with E-state index in [1.165, 1.54) is 31.2 Å². The maximum absolute atomic E-state index is 13.5. The van der Waals surface area contributed by atoms with E-state index in [1.54, 1.807) is 48.5 Å². The minimum absolute atomic E-state index is 0.196. The third kappa shape index (κ3) is 2.96. The van der Waals surface area contributed by atoms with Gasteiger partial charge >= 0.3 is 0 Å². The number of Topliss-reactive ketones (excluding diaryl/α,β-unsaturated/α-hetero) is 1. The Morgan fingerprint density at radius 2 is 1.24 bits per heavy atom. The van der Waals surface area contributed by atoms with Gasteiger partial charge in [0.15, 0.2) is 0 Å². The molecule has 0 aliphatic carbocycles. The predicted molar refractivity (Wildman–Crippen MR) is 94.8 cm³/mol. The molecule has 126 valence electrons. The maximum Gasteiger partial charge on any atom is 0.149 e. The molecule has 1 nitrogen and oxygen atoms in total. The van der Waals surface area contributed by atoms with Crippen molar-refractivity contribution in [1.82, 2.24) is 0 Å². The minimum atomic E-state index is -1.25. The zero-order valence-corrected chi connectivity index (χ0v) is 14.2. The van der Waals surface area contributed by atoms with E-state index in [-0.39, 0.29) is 5.78 Å². The Labute approximate surface area is 149 Å². The fourth-order valence-electron chi connectivity index (χ4n) is 3.24. The second-order valence-electron chi connectivity index (χ2n) is 5.80. The van der Waals surface area contributed by atoms with Crippen LogP contribution in [0.2, 0.25) is 5.02 Å². The van der Waals surface area contributed by atoms with Crippen molar-refractivity contribution >= 4 is 17.4 Å². The molecule has 0 atom stereocenters. The standard InChI is InChI=1S/C21H15ClF2O/c1-14(25)21(15-6-10-17(23)11-7-15,16-8-12-18(24)13-9-16)19-4-2-3-5-20(19)22/h2-13H,1H3. The lowest BCUT2D eigenvalue weighted by Crippen LogP contribution is -2.37. The van der Waals surface area contributed by atoms with Gasteiger partial charge in [-0.1, -0.05) is 54.1 Å². The Balaban J connectivity index is 2.40. The predicted octanol–water partition coefficient (Wildman–Crippen LogP) is 5.54. The quantitative estimate of drug-likeness (QED) is 0.561. The Kier molecular flexibility index (Phi) is 4.69. The van der Waals surface area contributed by atoms with Gasteiger partial charge in [0.25, 0.3) is 0 Å². The number of carbonyl (C=O) groups excluding carboxylic acids is 1. The summed E-state index contributed by atoms with van der Waals surface area (Å²) >= 11 is 6.41. The van der Waals surface area contributed by atoms with Gasteiger partial charge in [-0.25, -0.2) is 8.78 Å². The zero-order chi connectivity index (χ0) is 18.0. The molecule has 0 aromatic heterocycles. The fraction of sp³-hybridized carbons (Fsp3) is 0.0952. The van der Waals surface area contributed by atoms with Gasteiger partial charge in [0, 0.05) is 5.02 Å². The molecule has 4 heteroatoms. The highest BCUT2D eigenvalue weighted by molar-refractivity contribution is 6.32. The smallest absolute Gasteiger partial charge is 0.149 e. The number of hydrogen-bond donors (Lipinski definition) is 0. The second-order valence-corrected chi connectivity index (χ2v) is 6.21. The molecular weight excluding hydrogens is 342 g/mol. The number of carbonyl (C=O) groups is 1. The molecular formula is C21H15ClF2O. The molecule has 0 fully saturated rings. The molecule has 0 N–H and O–H groups in total. The lowest BCUT2D eigenvalue weighted by molar-refractivity contribution is -0.119. The van der Waals surface area contributed by atoms with Gasteiger partial charge in [0.2, 0.25) is 0 Å². The molecule has 3 aromatic carbocycles. The van der Waals surface area contributed by atoms with E-state index in [9.17, 15) is 13.6 Å². The molecule has 0 bridgehead atoms. The molecule has 25 heavy (non-hydrogen) atoms. The SMILES string of the molecule is CC(=O)C(c1ccc(F)cc1)(c1ccc(F)cc1)c1ccccc1Cl. The Hall–Kier alpha value is -2.52. The van der Waals surface area contributed by atoms with Crippen molar-refractivity contribution < 1.29 is 13.6 Å². The van der Waals surface area contributed by atoms with Gasteiger partial charge in [0.1, 0.15) is 22.8 Å². The Morgan fingerprint density at radius 3 is 1.64 bits per heavy atom. The van der Waals surface area contributed by atoms with Gasteiger partial charge in [0.05, 0.1) is 0 Å². The zero-order valence-electron chi connectivity index (χ0n) is 13.5. The highest BCUT2D eigenvalue weighted by Gasteiger charge is 2.42. The number of rotatable bonds is 4. The fourth-order valence-corrected chi connectivity index (χ4v) is 3.52. The van der Waals surface area contributed by atoms with Crippen molar-refractivity contribution in [2.45, 2.75) is 12.3 Å². The number of benzene rings is 3. The molecule has 0 spiro atoms. The lowest BCUT2D eigenvalue weighted by Gasteiger charge is -2.34. The van der Waals surface area contributed by atoms with Crippen LogP contribution in [0.1, 0.15) is 23.6 Å². The molecule has 0 aliphatic rings. The van der Waals surface area contributed by atoms with Gasteiger partial charge in [-0.05, 0) is 53.9 Å². The third-order valence-corrected chi connectivity index (χ3v) is 4.69. The average Bonchev–Trinajstić information content (AvgIpc) is 2.59. The maximum atomic E-state index is 13.5. The number of hydrogen-bond acceptors (Lipinski definition) is 1. The first kappa shape index (κ1) is 17.3. The van der Waals surface area contributed by atoms with Gasteiger partial charge in [-0.3, -0.25) is 4.79 Å². The molecule has 3 aromatic rings. The third-order valence-electron chi connectivity index (χ3n) is 4.36. The summed E-state index contributed by atoms with van der Waals surface area (Å²) in [5.41, 5.74) is 0.462. The Morgan fingerprint density at radius 1 is 0.800 bits per heavy atom. The summed E-state index contributed by atoms with van der Waals surface area (Å²) in [7, 11) is 0. The van der Waals surface area contributed by atoms with Crippen molar-refractivity contribution in [1.29, 1.82) is 0 Å². The highest BCUT2D eigenvalue weighted by Crippen LogP contribution is 2.43. The van der Waals surface area contributed by atoms with E-state index in [0.29, 0.717) is 21.7 Å². The minimum Gasteiger partial charge on any atom is -0.298 e. The van der Waals surface area contributed by atoms with Gasteiger partial charge in [-0.2, -0.15) is 0 Å². The summed E-state index contributed by atoms with van der Waals surface area (Å²) in [6.07, 6.45) is 0. The molecule has 0 amide bonds. The topological polar surface area (TPSA) is 17.1 Å². The van der Waals surface area contributed by atoms with E-state index >= 15 is 0 Å². The van der Waals surface area contributed by atoms with Crippen LogP contribution in [0.4, 0.5) is 8.78 Å². The van der Waals surface area contributed by atoms with Crippen LogP contribution < -0.4 is 0 Å². The number of ketones is 1. The summed E-state index contributed by atoms with van der Waals surface area (Å²) in [5, 5.41) is 0.409. The average molecular weight is 357 g/mol. The van der Waals surface area contributed by atoms with E-state index in [1.807, 2.05) is 0 Å². The van der Waals surface area contributed by atoms with Crippen LogP contribution >= 0.6 is 11.6 Å². The summed E-state index contributed by atoms with van der Waals surface area (Å²) in [4.78, 5) is 12.9.